The summed E-state index contributed by atoms with van der Waals surface area (Å²) in [7, 11) is -3.64. The Morgan fingerprint density at radius 2 is 1.74 bits per heavy atom. The fraction of sp³-hybridized carbons (Fsp3) is 0.591. The topological polar surface area (TPSA) is 99.9 Å². The first-order valence-corrected chi connectivity index (χ1v) is 12.8. The summed E-state index contributed by atoms with van der Waals surface area (Å²) in [4.78, 5) is 20.9. The second-order valence-electron chi connectivity index (χ2n) is 8.80. The van der Waals surface area contributed by atoms with Crippen LogP contribution in [0.1, 0.15) is 37.9 Å². The van der Waals surface area contributed by atoms with E-state index in [0.717, 1.165) is 38.1 Å². The maximum Gasteiger partial charge on any atom is 0.243 e. The molecule has 4 rings (SSSR count). The van der Waals surface area contributed by atoms with Crippen molar-refractivity contribution in [3.8, 4) is 0 Å². The lowest BCUT2D eigenvalue weighted by Crippen LogP contribution is -2.48. The van der Waals surface area contributed by atoms with Crippen molar-refractivity contribution in [1.29, 1.82) is 0 Å². The van der Waals surface area contributed by atoms with E-state index in [1.54, 1.807) is 0 Å². The Kier molecular flexibility index (Phi) is 9.02. The monoisotopic (exact) mass is 515 g/mol. The first kappa shape index (κ1) is 26.5. The molecule has 0 saturated carbocycles. The third kappa shape index (κ3) is 6.53. The molecule has 188 valence electrons. The smallest absolute Gasteiger partial charge is 0.243 e. The lowest BCUT2D eigenvalue weighted by Gasteiger charge is -2.33. The molecule has 2 fully saturated rings. The van der Waals surface area contributed by atoms with E-state index < -0.39 is 15.8 Å². The number of piperazine rings is 1. The van der Waals surface area contributed by atoms with Crippen molar-refractivity contribution in [2.75, 3.05) is 39.3 Å². The van der Waals surface area contributed by atoms with Crippen LogP contribution in [-0.2, 0) is 27.8 Å². The fourth-order valence-electron chi connectivity index (χ4n) is 4.17. The van der Waals surface area contributed by atoms with Gasteiger partial charge >= 0.3 is 0 Å². The number of aromatic nitrogens is 2. The van der Waals surface area contributed by atoms with Crippen molar-refractivity contribution < 1.29 is 22.1 Å². The zero-order valence-electron chi connectivity index (χ0n) is 19.2. The second kappa shape index (κ2) is 11.6. The Morgan fingerprint density at radius 1 is 1.09 bits per heavy atom. The highest BCUT2D eigenvalue weighted by Gasteiger charge is 2.29. The van der Waals surface area contributed by atoms with E-state index in [-0.39, 0.29) is 23.2 Å². The van der Waals surface area contributed by atoms with Crippen LogP contribution in [0, 0.1) is 11.7 Å². The third-order valence-electron chi connectivity index (χ3n) is 6.35. The van der Waals surface area contributed by atoms with E-state index >= 15 is 0 Å². The molecule has 3 heterocycles. The van der Waals surface area contributed by atoms with Gasteiger partial charge in [-0.1, -0.05) is 12.1 Å². The number of aryl methyl sites for hydroxylation is 1. The zero-order valence-corrected chi connectivity index (χ0v) is 20.9. The van der Waals surface area contributed by atoms with Gasteiger partial charge in [-0.2, -0.15) is 9.29 Å². The molecule has 2 saturated heterocycles. The molecule has 12 heteroatoms. The zero-order chi connectivity index (χ0) is 23.4. The van der Waals surface area contributed by atoms with Gasteiger partial charge in [0.2, 0.25) is 21.8 Å². The van der Waals surface area contributed by atoms with Gasteiger partial charge in [-0.05, 0) is 43.0 Å². The number of piperidine rings is 1. The maximum absolute atomic E-state index is 13.1. The van der Waals surface area contributed by atoms with Crippen molar-refractivity contribution in [1.82, 2.24) is 24.2 Å². The Bertz CT molecular complexity index is 1050. The Morgan fingerprint density at radius 3 is 2.38 bits per heavy atom. The minimum Gasteiger partial charge on any atom is -0.343 e. The number of rotatable bonds is 7. The van der Waals surface area contributed by atoms with Crippen LogP contribution in [0.3, 0.4) is 0 Å². The molecule has 0 N–H and O–H groups in total. The molecule has 2 aliphatic heterocycles. The van der Waals surface area contributed by atoms with Crippen LogP contribution < -0.4 is 0 Å². The molecule has 9 nitrogen and oxygen atoms in total. The summed E-state index contributed by atoms with van der Waals surface area (Å²) in [6.07, 6.45) is 2.88. The average molecular weight is 516 g/mol. The summed E-state index contributed by atoms with van der Waals surface area (Å²) in [5.74, 6) is 1.31. The number of carbonyl (C=O) groups excluding carboxylic acids is 1. The minimum absolute atomic E-state index is 0. The van der Waals surface area contributed by atoms with Crippen LogP contribution >= 0.6 is 12.4 Å². The maximum atomic E-state index is 13.1. The number of halogens is 2. The van der Waals surface area contributed by atoms with Gasteiger partial charge in [0.15, 0.2) is 5.82 Å². The predicted molar refractivity (Wildman–Crippen MR) is 125 cm³/mol. The predicted octanol–water partition coefficient (Wildman–Crippen LogP) is 2.33. The van der Waals surface area contributed by atoms with E-state index in [9.17, 15) is 17.6 Å². The van der Waals surface area contributed by atoms with Gasteiger partial charge in [0.05, 0.1) is 11.4 Å². The highest BCUT2D eigenvalue weighted by Crippen LogP contribution is 2.19. The molecule has 0 aliphatic carbocycles. The molecule has 2 aliphatic rings. The van der Waals surface area contributed by atoms with Gasteiger partial charge in [-0.15, -0.1) is 12.4 Å². The van der Waals surface area contributed by atoms with E-state index in [1.807, 2.05) is 4.90 Å². The molecule has 0 bridgehead atoms. The summed E-state index contributed by atoms with van der Waals surface area (Å²) in [5, 5.41) is 4.01. The van der Waals surface area contributed by atoms with Crippen LogP contribution in [-0.4, -0.2) is 77.8 Å². The van der Waals surface area contributed by atoms with Crippen LogP contribution in [0.4, 0.5) is 4.39 Å². The number of nitrogens with zero attached hydrogens (tertiary/aromatic N) is 5. The van der Waals surface area contributed by atoms with Gasteiger partial charge in [-0.25, -0.2) is 12.8 Å². The number of carbonyl (C=O) groups is 1. The van der Waals surface area contributed by atoms with Crippen LogP contribution in [0.2, 0.25) is 0 Å². The van der Waals surface area contributed by atoms with Gasteiger partial charge in [0.1, 0.15) is 5.82 Å². The highest BCUT2D eigenvalue weighted by molar-refractivity contribution is 7.89. The van der Waals surface area contributed by atoms with Crippen molar-refractivity contribution in [2.24, 2.45) is 5.92 Å². The van der Waals surface area contributed by atoms with E-state index in [4.69, 9.17) is 4.52 Å². The lowest BCUT2D eigenvalue weighted by molar-refractivity contribution is -0.132. The summed E-state index contributed by atoms with van der Waals surface area (Å²) in [6.45, 7) is 6.00. The molecule has 0 radical (unpaired) electrons. The van der Waals surface area contributed by atoms with Crippen LogP contribution in [0.15, 0.2) is 33.7 Å². The van der Waals surface area contributed by atoms with Crippen molar-refractivity contribution in [2.45, 2.75) is 44.0 Å². The molecule has 2 aromatic rings. The summed E-state index contributed by atoms with van der Waals surface area (Å²) in [5.41, 5.74) is 0. The number of likely N-dealkylation sites (tertiary alicyclic amines) is 1. The summed E-state index contributed by atoms with van der Waals surface area (Å²) >= 11 is 0. The SMILES string of the molecule is CC1CCN(C(=O)CCc2nc(CN3CCN(S(=O)(=O)c4ccc(F)cc4)CC3)no2)CC1.Cl. The van der Waals surface area contributed by atoms with Crippen LogP contribution in [0.25, 0.3) is 0 Å². The van der Waals surface area contributed by atoms with E-state index in [1.165, 1.54) is 16.4 Å². The quantitative estimate of drug-likeness (QED) is 0.558. The molecule has 0 spiro atoms. The molecular weight excluding hydrogens is 485 g/mol. The van der Waals surface area contributed by atoms with Gasteiger partial charge in [0, 0.05) is 52.1 Å². The standard InChI is InChI=1S/C22H30FN5O4S.ClH/c1-17-8-10-27(11-9-17)22(29)7-6-21-24-20(25-32-21)16-26-12-14-28(15-13-26)33(30,31)19-4-2-18(23)3-5-19;/h2-5,17H,6-16H2,1H3;1H. The van der Waals surface area contributed by atoms with E-state index in [0.29, 0.717) is 63.2 Å². The van der Waals surface area contributed by atoms with Crippen LogP contribution in [0.5, 0.6) is 0 Å². The molecule has 1 aromatic heterocycles. The number of sulfonamides is 1. The first-order chi connectivity index (χ1) is 15.8. The first-order valence-electron chi connectivity index (χ1n) is 11.4. The third-order valence-corrected chi connectivity index (χ3v) is 8.26. The Hall–Kier alpha value is -2.08. The number of hydrogen-bond acceptors (Lipinski definition) is 7. The van der Waals surface area contributed by atoms with Crippen molar-refractivity contribution in [3.63, 3.8) is 0 Å². The molecule has 1 aromatic carbocycles. The summed E-state index contributed by atoms with van der Waals surface area (Å²) in [6, 6.07) is 4.87. The van der Waals surface area contributed by atoms with Gasteiger partial charge < -0.3 is 9.42 Å². The molecule has 34 heavy (non-hydrogen) atoms. The second-order valence-corrected chi connectivity index (χ2v) is 10.7. The molecule has 1 amide bonds. The molecule has 0 atom stereocenters. The number of hydrogen-bond donors (Lipinski definition) is 0. The number of benzene rings is 1. The fourth-order valence-corrected chi connectivity index (χ4v) is 5.59. The number of amides is 1. The molecular formula is C22H31ClFN5O4S. The lowest BCUT2D eigenvalue weighted by atomic mass is 9.99. The van der Waals surface area contributed by atoms with Gasteiger partial charge in [0.25, 0.3) is 0 Å². The summed E-state index contributed by atoms with van der Waals surface area (Å²) < 4.78 is 45.3. The Balaban J connectivity index is 0.00000324. The highest BCUT2D eigenvalue weighted by atomic mass is 35.5. The van der Waals surface area contributed by atoms with Gasteiger partial charge in [-0.3, -0.25) is 9.69 Å². The van der Waals surface area contributed by atoms with E-state index in [2.05, 4.69) is 22.0 Å². The minimum atomic E-state index is -3.64. The Labute approximate surface area is 205 Å². The molecule has 0 unspecified atom stereocenters. The van der Waals surface area contributed by atoms with Crippen molar-refractivity contribution >= 4 is 28.3 Å². The van der Waals surface area contributed by atoms with Crippen molar-refractivity contribution in [3.05, 3.63) is 41.8 Å². The average Bonchev–Trinajstić information content (AvgIpc) is 3.26. The largest absolute Gasteiger partial charge is 0.343 e. The normalized spacial score (nSPS) is 18.6.